The number of anilines is 2. The summed E-state index contributed by atoms with van der Waals surface area (Å²) in [6.07, 6.45) is -0.0793. The van der Waals surface area contributed by atoms with Crippen molar-refractivity contribution in [3.05, 3.63) is 0 Å². The van der Waals surface area contributed by atoms with Crippen molar-refractivity contribution in [1.29, 1.82) is 0 Å². The van der Waals surface area contributed by atoms with Gasteiger partial charge < -0.3 is 14.5 Å². The first-order valence-electron chi connectivity index (χ1n) is 6.71. The van der Waals surface area contributed by atoms with Gasteiger partial charge in [-0.25, -0.2) is 5.84 Å². The molecule has 0 fully saturated rings. The van der Waals surface area contributed by atoms with Crippen molar-refractivity contribution in [1.82, 2.24) is 19.9 Å². The van der Waals surface area contributed by atoms with Crippen LogP contribution >= 0.6 is 0 Å². The van der Waals surface area contributed by atoms with Gasteiger partial charge in [0.15, 0.2) is 0 Å². The Bertz CT molecular complexity index is 479. The van der Waals surface area contributed by atoms with Gasteiger partial charge in [0.2, 0.25) is 17.8 Å². The van der Waals surface area contributed by atoms with Crippen molar-refractivity contribution in [3.8, 4) is 6.01 Å². The number of rotatable bonds is 7. The average Bonchev–Trinajstić information content (AvgIpc) is 2.42. The van der Waals surface area contributed by atoms with Gasteiger partial charge in [0.1, 0.15) is 0 Å². The number of aromatic nitrogens is 3. The normalized spacial score (nSPS) is 10.4. The van der Waals surface area contributed by atoms with Gasteiger partial charge in [0.05, 0.1) is 12.6 Å². The molecule has 0 unspecified atom stereocenters. The second-order valence-electron chi connectivity index (χ2n) is 4.85. The van der Waals surface area contributed by atoms with E-state index in [0.717, 1.165) is 0 Å². The van der Waals surface area contributed by atoms with Crippen molar-refractivity contribution in [2.24, 2.45) is 5.84 Å². The quantitative estimate of drug-likeness (QED) is 0.528. The summed E-state index contributed by atoms with van der Waals surface area (Å²) in [5.41, 5.74) is 2.37. The zero-order valence-corrected chi connectivity index (χ0v) is 13.1. The Hall–Kier alpha value is -2.16. The summed E-state index contributed by atoms with van der Waals surface area (Å²) in [7, 11) is 3.40. The Morgan fingerprint density at radius 2 is 2.00 bits per heavy atom. The van der Waals surface area contributed by atoms with Gasteiger partial charge in [-0.05, 0) is 20.8 Å². The van der Waals surface area contributed by atoms with Crippen LogP contribution < -0.4 is 20.9 Å². The van der Waals surface area contributed by atoms with Gasteiger partial charge in [0, 0.05) is 20.6 Å². The number of nitrogens with two attached hydrogens (primary N) is 1. The Labute approximate surface area is 124 Å². The molecule has 0 bridgehead atoms. The lowest BCUT2D eigenvalue weighted by Gasteiger charge is -2.22. The first-order chi connectivity index (χ1) is 9.87. The molecule has 0 aliphatic carbocycles. The highest BCUT2D eigenvalue weighted by Gasteiger charge is 2.17. The van der Waals surface area contributed by atoms with E-state index in [1.807, 2.05) is 20.8 Å². The van der Waals surface area contributed by atoms with Gasteiger partial charge in [-0.1, -0.05) is 0 Å². The molecule has 118 valence electrons. The van der Waals surface area contributed by atoms with Crippen molar-refractivity contribution in [2.45, 2.75) is 26.9 Å². The first kappa shape index (κ1) is 16.9. The molecule has 0 saturated heterocycles. The minimum absolute atomic E-state index is 0.0501. The smallest absolute Gasteiger partial charge is 0.323 e. The van der Waals surface area contributed by atoms with Crippen molar-refractivity contribution in [2.75, 3.05) is 37.5 Å². The maximum Gasteiger partial charge on any atom is 0.323 e. The number of likely N-dealkylation sites (N-methyl/N-ethyl adjacent to an activating group) is 2. The van der Waals surface area contributed by atoms with Gasteiger partial charge in [-0.3, -0.25) is 10.2 Å². The van der Waals surface area contributed by atoms with Crippen LogP contribution in [0.2, 0.25) is 0 Å². The third-order valence-electron chi connectivity index (χ3n) is 2.56. The van der Waals surface area contributed by atoms with E-state index in [0.29, 0.717) is 12.5 Å². The van der Waals surface area contributed by atoms with E-state index >= 15 is 0 Å². The molecular weight excluding hydrogens is 274 g/mol. The molecule has 1 heterocycles. The van der Waals surface area contributed by atoms with Crippen LogP contribution in [0.5, 0.6) is 6.01 Å². The molecule has 0 aliphatic rings. The van der Waals surface area contributed by atoms with Gasteiger partial charge >= 0.3 is 6.01 Å². The van der Waals surface area contributed by atoms with Crippen molar-refractivity contribution < 1.29 is 9.53 Å². The van der Waals surface area contributed by atoms with E-state index in [1.165, 1.54) is 4.90 Å². The van der Waals surface area contributed by atoms with Crippen LogP contribution in [-0.4, -0.2) is 59.0 Å². The van der Waals surface area contributed by atoms with Crippen LogP contribution in [0.1, 0.15) is 20.8 Å². The van der Waals surface area contributed by atoms with Crippen LogP contribution in [0.4, 0.5) is 11.9 Å². The molecule has 9 heteroatoms. The number of hydrogen-bond acceptors (Lipinski definition) is 8. The Balaban J connectivity index is 3.04. The van der Waals surface area contributed by atoms with Crippen molar-refractivity contribution >= 4 is 17.8 Å². The zero-order chi connectivity index (χ0) is 16.0. The Kier molecular flexibility index (Phi) is 6.10. The summed E-state index contributed by atoms with van der Waals surface area (Å²) < 4.78 is 5.46. The standard InChI is InChI=1S/C12H23N7O2/c1-6-19(7-9(20)18(4)5)11-14-10(17-13)15-12(16-11)21-8(2)3/h8H,6-7,13H2,1-5H3,(H,14,15,16,17). The predicted molar refractivity (Wildman–Crippen MR) is 80.0 cm³/mol. The van der Waals surface area contributed by atoms with Crippen molar-refractivity contribution in [3.63, 3.8) is 0 Å². The minimum Gasteiger partial charge on any atom is -0.461 e. The van der Waals surface area contributed by atoms with Crippen LogP contribution in [0, 0.1) is 0 Å². The maximum atomic E-state index is 11.8. The van der Waals surface area contributed by atoms with Crippen LogP contribution in [0.15, 0.2) is 0 Å². The molecule has 21 heavy (non-hydrogen) atoms. The molecule has 3 N–H and O–H groups in total. The fraction of sp³-hybridized carbons (Fsp3) is 0.667. The molecule has 0 aromatic carbocycles. The van der Waals surface area contributed by atoms with E-state index in [1.54, 1.807) is 19.0 Å². The number of ether oxygens (including phenoxy) is 1. The van der Waals surface area contributed by atoms with E-state index in [-0.39, 0.29) is 30.5 Å². The van der Waals surface area contributed by atoms with Gasteiger partial charge in [-0.15, -0.1) is 0 Å². The number of carbonyl (C=O) groups is 1. The lowest BCUT2D eigenvalue weighted by Crippen LogP contribution is -2.37. The molecule has 0 atom stereocenters. The molecule has 0 radical (unpaired) electrons. The molecule has 9 nitrogen and oxygen atoms in total. The Morgan fingerprint density at radius 3 is 2.48 bits per heavy atom. The Morgan fingerprint density at radius 1 is 1.33 bits per heavy atom. The third kappa shape index (κ3) is 5.03. The average molecular weight is 297 g/mol. The lowest BCUT2D eigenvalue weighted by atomic mass is 10.4. The fourth-order valence-corrected chi connectivity index (χ4v) is 1.44. The SMILES string of the molecule is CCN(CC(=O)N(C)C)c1nc(NN)nc(OC(C)C)n1. The molecule has 1 rings (SSSR count). The van der Waals surface area contributed by atoms with Gasteiger partial charge in [0.25, 0.3) is 0 Å². The third-order valence-corrected chi connectivity index (χ3v) is 2.56. The van der Waals surface area contributed by atoms with Crippen LogP contribution in [-0.2, 0) is 4.79 Å². The zero-order valence-electron chi connectivity index (χ0n) is 13.1. The van der Waals surface area contributed by atoms with E-state index in [4.69, 9.17) is 10.6 Å². The van der Waals surface area contributed by atoms with E-state index in [9.17, 15) is 4.79 Å². The second kappa shape index (κ2) is 7.58. The molecule has 1 aromatic rings. The first-order valence-corrected chi connectivity index (χ1v) is 6.71. The fourth-order valence-electron chi connectivity index (χ4n) is 1.44. The highest BCUT2D eigenvalue weighted by atomic mass is 16.5. The predicted octanol–water partition coefficient (Wildman–Crippen LogP) is -0.141. The topological polar surface area (TPSA) is 110 Å². The van der Waals surface area contributed by atoms with Gasteiger partial charge in [-0.2, -0.15) is 15.0 Å². The number of nitrogen functional groups attached to an aromatic ring is 1. The van der Waals surface area contributed by atoms with Crippen LogP contribution in [0.25, 0.3) is 0 Å². The highest BCUT2D eigenvalue weighted by Crippen LogP contribution is 2.15. The monoisotopic (exact) mass is 297 g/mol. The lowest BCUT2D eigenvalue weighted by molar-refractivity contribution is -0.127. The largest absolute Gasteiger partial charge is 0.461 e. The molecule has 0 aliphatic heterocycles. The molecule has 1 aromatic heterocycles. The minimum atomic E-state index is -0.0793. The summed E-state index contributed by atoms with van der Waals surface area (Å²) >= 11 is 0. The molecule has 0 spiro atoms. The number of hydrogen-bond donors (Lipinski definition) is 2. The summed E-state index contributed by atoms with van der Waals surface area (Å²) in [6, 6.07) is 0.165. The number of hydrazine groups is 1. The second-order valence-corrected chi connectivity index (χ2v) is 4.85. The molecule has 1 amide bonds. The summed E-state index contributed by atoms with van der Waals surface area (Å²) in [4.78, 5) is 27.5. The van der Waals surface area contributed by atoms with E-state index < -0.39 is 0 Å². The maximum absolute atomic E-state index is 11.8. The van der Waals surface area contributed by atoms with E-state index in [2.05, 4.69) is 20.4 Å². The van der Waals surface area contributed by atoms with Crippen LogP contribution in [0.3, 0.4) is 0 Å². The summed E-state index contributed by atoms with van der Waals surface area (Å²) in [6.45, 7) is 6.37. The highest BCUT2D eigenvalue weighted by molar-refractivity contribution is 5.80. The number of nitrogens with zero attached hydrogens (tertiary/aromatic N) is 5. The number of nitrogens with one attached hydrogen (secondary N) is 1. The number of carbonyl (C=O) groups excluding carboxylic acids is 1. The molecular formula is C12H23N7O2. The molecule has 0 saturated carbocycles. The summed E-state index contributed by atoms with van der Waals surface area (Å²) in [5, 5.41) is 0. The summed E-state index contributed by atoms with van der Waals surface area (Å²) in [5.74, 6) is 5.83. The number of amides is 1.